The van der Waals surface area contributed by atoms with E-state index in [-0.39, 0.29) is 24.2 Å². The van der Waals surface area contributed by atoms with Crippen LogP contribution in [0.2, 0.25) is 0 Å². The maximum Gasteiger partial charge on any atom is 0.129 e. The Balaban J connectivity index is 2.97. The van der Waals surface area contributed by atoms with Crippen molar-refractivity contribution in [1.29, 1.82) is 0 Å². The van der Waals surface area contributed by atoms with Gasteiger partial charge in [0.05, 0.1) is 12.7 Å². The Labute approximate surface area is 87.5 Å². The summed E-state index contributed by atoms with van der Waals surface area (Å²) < 4.78 is 31.4. The van der Waals surface area contributed by atoms with Crippen LogP contribution in [0.1, 0.15) is 18.1 Å². The second kappa shape index (κ2) is 5.19. The van der Waals surface area contributed by atoms with Crippen molar-refractivity contribution >= 4 is 0 Å². The first-order valence-corrected chi connectivity index (χ1v) is 4.68. The molecule has 0 aliphatic heterocycles. The van der Waals surface area contributed by atoms with Crippen molar-refractivity contribution in [2.45, 2.75) is 26.1 Å². The molecule has 0 heterocycles. The molecule has 4 heteroatoms. The van der Waals surface area contributed by atoms with Gasteiger partial charge in [-0.25, -0.2) is 8.78 Å². The van der Waals surface area contributed by atoms with Crippen LogP contribution in [0.25, 0.3) is 0 Å². The van der Waals surface area contributed by atoms with Gasteiger partial charge < -0.3 is 9.84 Å². The molecule has 0 aliphatic rings. The van der Waals surface area contributed by atoms with Crippen molar-refractivity contribution in [1.82, 2.24) is 0 Å². The minimum atomic E-state index is -0.688. The van der Waals surface area contributed by atoms with E-state index in [0.717, 1.165) is 12.1 Å². The third-order valence-corrected chi connectivity index (χ3v) is 2.03. The third-order valence-electron chi connectivity index (χ3n) is 2.03. The van der Waals surface area contributed by atoms with Crippen molar-refractivity contribution in [2.75, 3.05) is 7.11 Å². The Morgan fingerprint density at radius 1 is 1.27 bits per heavy atom. The van der Waals surface area contributed by atoms with Gasteiger partial charge >= 0.3 is 0 Å². The summed E-state index contributed by atoms with van der Waals surface area (Å²) >= 11 is 0. The molecule has 0 fully saturated rings. The molecule has 1 unspecified atom stereocenters. The number of hydrogen-bond donors (Lipinski definition) is 1. The number of rotatable bonds is 4. The molecule has 2 nitrogen and oxygen atoms in total. The lowest BCUT2D eigenvalue weighted by atomic mass is 10.1. The number of hydrogen-bond acceptors (Lipinski definition) is 2. The highest BCUT2D eigenvalue weighted by molar-refractivity contribution is 5.26. The molecule has 0 bridgehead atoms. The van der Waals surface area contributed by atoms with Crippen LogP contribution in [0, 0.1) is 11.6 Å². The molecule has 0 amide bonds. The zero-order chi connectivity index (χ0) is 11.4. The van der Waals surface area contributed by atoms with Crippen LogP contribution in [0.15, 0.2) is 12.1 Å². The normalized spacial score (nSPS) is 12.9. The molecule has 1 rings (SSSR count). The summed E-state index contributed by atoms with van der Waals surface area (Å²) in [7, 11) is 1.42. The Kier molecular flexibility index (Phi) is 4.17. The molecule has 0 saturated heterocycles. The Morgan fingerprint density at radius 2 is 1.80 bits per heavy atom. The van der Waals surface area contributed by atoms with E-state index in [0.29, 0.717) is 0 Å². The van der Waals surface area contributed by atoms with E-state index in [9.17, 15) is 8.78 Å². The summed E-state index contributed by atoms with van der Waals surface area (Å²) in [5.41, 5.74) is 0.367. The lowest BCUT2D eigenvalue weighted by Gasteiger charge is -2.08. The summed E-state index contributed by atoms with van der Waals surface area (Å²) in [4.78, 5) is 0. The van der Waals surface area contributed by atoms with Gasteiger partial charge in [-0.2, -0.15) is 0 Å². The predicted octanol–water partition coefficient (Wildman–Crippen LogP) is 2.03. The quantitative estimate of drug-likeness (QED) is 0.834. The van der Waals surface area contributed by atoms with Gasteiger partial charge in [-0.15, -0.1) is 0 Å². The SMILES string of the molecule is COCc1cc(F)c(CC(C)O)cc1F. The van der Waals surface area contributed by atoms with Crippen LogP contribution < -0.4 is 0 Å². The molecule has 1 N–H and O–H groups in total. The van der Waals surface area contributed by atoms with Crippen LogP contribution >= 0.6 is 0 Å². The van der Waals surface area contributed by atoms with E-state index in [1.54, 1.807) is 0 Å². The third kappa shape index (κ3) is 3.25. The molecule has 84 valence electrons. The second-order valence-electron chi connectivity index (χ2n) is 3.52. The average molecular weight is 216 g/mol. The molecule has 0 aliphatic carbocycles. The number of halogens is 2. The average Bonchev–Trinajstić information content (AvgIpc) is 2.13. The van der Waals surface area contributed by atoms with Gasteiger partial charge in [0, 0.05) is 19.1 Å². The van der Waals surface area contributed by atoms with Crippen LogP contribution in [0.3, 0.4) is 0 Å². The molecule has 15 heavy (non-hydrogen) atoms. The van der Waals surface area contributed by atoms with Gasteiger partial charge in [0.2, 0.25) is 0 Å². The Bertz CT molecular complexity index is 338. The first kappa shape index (κ1) is 12.1. The highest BCUT2D eigenvalue weighted by Crippen LogP contribution is 2.17. The van der Waals surface area contributed by atoms with E-state index < -0.39 is 17.7 Å². The van der Waals surface area contributed by atoms with Crippen LogP contribution in [-0.4, -0.2) is 18.3 Å². The van der Waals surface area contributed by atoms with E-state index in [1.807, 2.05) is 0 Å². The number of aliphatic hydroxyl groups excluding tert-OH is 1. The van der Waals surface area contributed by atoms with Gasteiger partial charge in [0.15, 0.2) is 0 Å². The van der Waals surface area contributed by atoms with Crippen molar-refractivity contribution in [3.8, 4) is 0 Å². The molecule has 1 aromatic rings. The monoisotopic (exact) mass is 216 g/mol. The fourth-order valence-corrected chi connectivity index (χ4v) is 1.37. The molecule has 0 saturated carbocycles. The van der Waals surface area contributed by atoms with E-state index >= 15 is 0 Å². The highest BCUT2D eigenvalue weighted by atomic mass is 19.1. The second-order valence-corrected chi connectivity index (χ2v) is 3.52. The maximum atomic E-state index is 13.4. The number of benzene rings is 1. The van der Waals surface area contributed by atoms with Gasteiger partial charge in [0.25, 0.3) is 0 Å². The molecule has 0 radical (unpaired) electrons. The molecule has 0 aromatic heterocycles. The van der Waals surface area contributed by atoms with Crippen LogP contribution in [0.4, 0.5) is 8.78 Å². The zero-order valence-corrected chi connectivity index (χ0v) is 8.76. The lowest BCUT2D eigenvalue weighted by molar-refractivity contribution is 0.180. The van der Waals surface area contributed by atoms with E-state index in [1.165, 1.54) is 14.0 Å². The fraction of sp³-hybridized carbons (Fsp3) is 0.455. The smallest absolute Gasteiger partial charge is 0.129 e. The number of methoxy groups -OCH3 is 1. The standard InChI is InChI=1S/C11H14F2O2/c1-7(14)3-8-4-11(13)9(6-15-2)5-10(8)12/h4-5,7,14H,3,6H2,1-2H3. The molecular formula is C11H14F2O2. The number of ether oxygens (including phenoxy) is 1. The fourth-order valence-electron chi connectivity index (χ4n) is 1.37. The van der Waals surface area contributed by atoms with Gasteiger partial charge in [-0.05, 0) is 24.6 Å². The van der Waals surface area contributed by atoms with Crippen molar-refractivity contribution in [3.05, 3.63) is 34.9 Å². The Morgan fingerprint density at radius 3 is 2.33 bits per heavy atom. The van der Waals surface area contributed by atoms with Gasteiger partial charge in [-0.3, -0.25) is 0 Å². The highest BCUT2D eigenvalue weighted by Gasteiger charge is 2.11. The van der Waals surface area contributed by atoms with Gasteiger partial charge in [-0.1, -0.05) is 0 Å². The minimum absolute atomic E-state index is 0.0394. The summed E-state index contributed by atoms with van der Waals surface area (Å²) in [6, 6.07) is 2.22. The first-order chi connectivity index (χ1) is 7.04. The summed E-state index contributed by atoms with van der Waals surface area (Å²) in [5.74, 6) is -1.02. The van der Waals surface area contributed by atoms with E-state index in [2.05, 4.69) is 0 Å². The minimum Gasteiger partial charge on any atom is -0.393 e. The van der Waals surface area contributed by atoms with Crippen molar-refractivity contribution in [3.63, 3.8) is 0 Å². The van der Waals surface area contributed by atoms with Crippen molar-refractivity contribution < 1.29 is 18.6 Å². The van der Waals surface area contributed by atoms with Crippen LogP contribution in [0.5, 0.6) is 0 Å². The lowest BCUT2D eigenvalue weighted by Crippen LogP contribution is -2.07. The molecular weight excluding hydrogens is 202 g/mol. The summed E-state index contributed by atoms with van der Waals surface area (Å²) in [6.45, 7) is 1.57. The first-order valence-electron chi connectivity index (χ1n) is 4.68. The van der Waals surface area contributed by atoms with Crippen LogP contribution in [-0.2, 0) is 17.8 Å². The van der Waals surface area contributed by atoms with E-state index in [4.69, 9.17) is 9.84 Å². The van der Waals surface area contributed by atoms with Gasteiger partial charge in [0.1, 0.15) is 11.6 Å². The molecule has 1 atom stereocenters. The molecule has 0 spiro atoms. The zero-order valence-electron chi connectivity index (χ0n) is 8.76. The summed E-state index contributed by atoms with van der Waals surface area (Å²) in [6.07, 6.45) is -0.581. The topological polar surface area (TPSA) is 29.5 Å². The Hall–Kier alpha value is -1.00. The largest absolute Gasteiger partial charge is 0.393 e. The predicted molar refractivity (Wildman–Crippen MR) is 52.5 cm³/mol. The number of aliphatic hydroxyl groups is 1. The van der Waals surface area contributed by atoms with Crippen molar-refractivity contribution in [2.24, 2.45) is 0 Å². The summed E-state index contributed by atoms with van der Waals surface area (Å²) in [5, 5.41) is 9.08. The maximum absolute atomic E-state index is 13.4. The molecule has 1 aromatic carbocycles.